The molecule has 0 unspecified atom stereocenters. The summed E-state index contributed by atoms with van der Waals surface area (Å²) in [5.74, 6) is 1.30. The summed E-state index contributed by atoms with van der Waals surface area (Å²) in [6.45, 7) is 0. The van der Waals surface area contributed by atoms with Crippen LogP contribution in [0.5, 0.6) is 11.5 Å². The van der Waals surface area contributed by atoms with E-state index in [0.29, 0.717) is 22.9 Å². The Morgan fingerprint density at radius 3 is 2.59 bits per heavy atom. The second-order valence-corrected chi connectivity index (χ2v) is 5.68. The second kappa shape index (κ2) is 7.53. The van der Waals surface area contributed by atoms with E-state index >= 15 is 0 Å². The van der Waals surface area contributed by atoms with Crippen molar-refractivity contribution in [3.05, 3.63) is 90.9 Å². The van der Waals surface area contributed by atoms with Crippen molar-refractivity contribution in [2.24, 2.45) is 0 Å². The largest absolute Gasteiger partial charge is 0.455 e. The first-order valence-electron chi connectivity index (χ1n) is 8.30. The van der Waals surface area contributed by atoms with Gasteiger partial charge in [0.05, 0.1) is 5.69 Å². The minimum atomic E-state index is -0.391. The number of nitrogens with zero attached hydrogens (tertiary/aromatic N) is 2. The van der Waals surface area contributed by atoms with E-state index in [4.69, 9.17) is 9.26 Å². The molecule has 0 aliphatic carbocycles. The average molecular weight is 357 g/mol. The Labute approximate surface area is 155 Å². The SMILES string of the molecule is O=C(Nc1ccccc1Oc1ccccc1)c1cc(-c2cccnc2)on1. The molecule has 4 rings (SSSR count). The normalized spacial score (nSPS) is 10.4. The summed E-state index contributed by atoms with van der Waals surface area (Å²) in [5, 5.41) is 6.66. The Balaban J connectivity index is 1.53. The Bertz CT molecular complexity index is 1050. The molecule has 0 fully saturated rings. The van der Waals surface area contributed by atoms with Gasteiger partial charge in [0.2, 0.25) is 0 Å². The van der Waals surface area contributed by atoms with Gasteiger partial charge < -0.3 is 14.6 Å². The van der Waals surface area contributed by atoms with Gasteiger partial charge in [0, 0.05) is 24.0 Å². The number of aromatic nitrogens is 2. The lowest BCUT2D eigenvalue weighted by molar-refractivity contribution is 0.101. The number of rotatable bonds is 5. The van der Waals surface area contributed by atoms with Crippen LogP contribution in [0.1, 0.15) is 10.5 Å². The number of amides is 1. The minimum Gasteiger partial charge on any atom is -0.455 e. The fourth-order valence-corrected chi connectivity index (χ4v) is 2.49. The quantitative estimate of drug-likeness (QED) is 0.556. The number of hydrogen-bond acceptors (Lipinski definition) is 5. The number of ether oxygens (including phenoxy) is 1. The lowest BCUT2D eigenvalue weighted by Gasteiger charge is -2.11. The summed E-state index contributed by atoms with van der Waals surface area (Å²) in [6, 6.07) is 21.8. The van der Waals surface area contributed by atoms with Gasteiger partial charge in [0.25, 0.3) is 5.91 Å². The molecule has 0 radical (unpaired) electrons. The van der Waals surface area contributed by atoms with Gasteiger partial charge in [-0.3, -0.25) is 9.78 Å². The van der Waals surface area contributed by atoms with E-state index < -0.39 is 5.91 Å². The maximum atomic E-state index is 12.6. The van der Waals surface area contributed by atoms with Gasteiger partial charge >= 0.3 is 0 Å². The second-order valence-electron chi connectivity index (χ2n) is 5.68. The van der Waals surface area contributed by atoms with Crippen LogP contribution in [0.3, 0.4) is 0 Å². The molecular formula is C21H15N3O3. The van der Waals surface area contributed by atoms with Crippen molar-refractivity contribution in [2.45, 2.75) is 0 Å². The summed E-state index contributed by atoms with van der Waals surface area (Å²) >= 11 is 0. The van der Waals surface area contributed by atoms with Crippen LogP contribution < -0.4 is 10.1 Å². The van der Waals surface area contributed by atoms with E-state index in [0.717, 1.165) is 5.56 Å². The highest BCUT2D eigenvalue weighted by atomic mass is 16.5. The number of para-hydroxylation sites is 3. The molecule has 2 aromatic carbocycles. The number of pyridine rings is 1. The molecule has 2 aromatic heterocycles. The Morgan fingerprint density at radius 2 is 1.78 bits per heavy atom. The number of hydrogen-bond donors (Lipinski definition) is 1. The number of carbonyl (C=O) groups is 1. The van der Waals surface area contributed by atoms with Crippen molar-refractivity contribution in [3.8, 4) is 22.8 Å². The zero-order valence-electron chi connectivity index (χ0n) is 14.2. The van der Waals surface area contributed by atoms with Crippen LogP contribution in [-0.4, -0.2) is 16.0 Å². The van der Waals surface area contributed by atoms with E-state index in [9.17, 15) is 4.79 Å². The number of nitrogens with one attached hydrogen (secondary N) is 1. The standard InChI is InChI=1S/C21H15N3O3/c25-21(18-13-20(27-24-18)15-7-6-12-22-14-15)23-17-10-4-5-11-19(17)26-16-8-2-1-3-9-16/h1-14H,(H,23,25). The topological polar surface area (TPSA) is 77.2 Å². The van der Waals surface area contributed by atoms with Gasteiger partial charge in [0.15, 0.2) is 17.2 Å². The monoisotopic (exact) mass is 357 g/mol. The van der Waals surface area contributed by atoms with Crippen LogP contribution in [0.2, 0.25) is 0 Å². The van der Waals surface area contributed by atoms with E-state index in [1.165, 1.54) is 0 Å². The van der Waals surface area contributed by atoms with E-state index in [1.807, 2.05) is 48.5 Å². The van der Waals surface area contributed by atoms with Crippen molar-refractivity contribution in [3.63, 3.8) is 0 Å². The first kappa shape index (κ1) is 16.5. The molecule has 132 valence electrons. The van der Waals surface area contributed by atoms with Gasteiger partial charge in [-0.25, -0.2) is 0 Å². The molecule has 0 saturated carbocycles. The molecule has 0 spiro atoms. The van der Waals surface area contributed by atoms with Crippen molar-refractivity contribution in [1.82, 2.24) is 10.1 Å². The van der Waals surface area contributed by atoms with E-state index in [2.05, 4.69) is 15.5 Å². The van der Waals surface area contributed by atoms with Crippen molar-refractivity contribution < 1.29 is 14.1 Å². The third-order valence-electron chi connectivity index (χ3n) is 3.80. The zero-order valence-corrected chi connectivity index (χ0v) is 14.2. The number of carbonyl (C=O) groups excluding carboxylic acids is 1. The molecule has 0 aliphatic rings. The summed E-state index contributed by atoms with van der Waals surface area (Å²) < 4.78 is 11.1. The predicted octanol–water partition coefficient (Wildman–Crippen LogP) is 4.78. The van der Waals surface area contributed by atoms with E-state index in [-0.39, 0.29) is 5.69 Å². The molecule has 1 amide bonds. The maximum Gasteiger partial charge on any atom is 0.277 e. The third kappa shape index (κ3) is 3.85. The zero-order chi connectivity index (χ0) is 18.5. The predicted molar refractivity (Wildman–Crippen MR) is 101 cm³/mol. The molecule has 6 heteroatoms. The molecule has 2 heterocycles. The third-order valence-corrected chi connectivity index (χ3v) is 3.80. The molecule has 6 nitrogen and oxygen atoms in total. The van der Waals surface area contributed by atoms with Gasteiger partial charge in [-0.05, 0) is 36.4 Å². The molecule has 0 aliphatic heterocycles. The molecule has 27 heavy (non-hydrogen) atoms. The lowest BCUT2D eigenvalue weighted by Crippen LogP contribution is -2.12. The Morgan fingerprint density at radius 1 is 0.963 bits per heavy atom. The van der Waals surface area contributed by atoms with E-state index in [1.54, 1.807) is 36.7 Å². The Hall–Kier alpha value is -3.93. The molecule has 0 bridgehead atoms. The van der Waals surface area contributed by atoms with Crippen molar-refractivity contribution in [1.29, 1.82) is 0 Å². The molecule has 0 atom stereocenters. The summed E-state index contributed by atoms with van der Waals surface area (Å²) in [7, 11) is 0. The lowest BCUT2D eigenvalue weighted by atomic mass is 10.2. The molecule has 1 N–H and O–H groups in total. The number of anilines is 1. The highest BCUT2D eigenvalue weighted by molar-refractivity contribution is 6.04. The first-order chi connectivity index (χ1) is 13.3. The highest BCUT2D eigenvalue weighted by Gasteiger charge is 2.16. The van der Waals surface area contributed by atoms with Crippen LogP contribution in [-0.2, 0) is 0 Å². The van der Waals surface area contributed by atoms with Gasteiger partial charge in [-0.2, -0.15) is 0 Å². The summed E-state index contributed by atoms with van der Waals surface area (Å²) in [4.78, 5) is 16.6. The minimum absolute atomic E-state index is 0.170. The maximum absolute atomic E-state index is 12.6. The van der Waals surface area contributed by atoms with Crippen molar-refractivity contribution >= 4 is 11.6 Å². The van der Waals surface area contributed by atoms with Crippen LogP contribution in [0, 0.1) is 0 Å². The van der Waals surface area contributed by atoms with Crippen LogP contribution in [0.25, 0.3) is 11.3 Å². The van der Waals surface area contributed by atoms with Crippen LogP contribution in [0.15, 0.2) is 89.7 Å². The highest BCUT2D eigenvalue weighted by Crippen LogP contribution is 2.29. The van der Waals surface area contributed by atoms with Crippen LogP contribution >= 0.6 is 0 Å². The average Bonchev–Trinajstić information content (AvgIpc) is 3.21. The van der Waals surface area contributed by atoms with Gasteiger partial charge in [0.1, 0.15) is 5.75 Å². The fraction of sp³-hybridized carbons (Fsp3) is 0. The Kier molecular flexibility index (Phi) is 4.61. The molecule has 4 aromatic rings. The van der Waals surface area contributed by atoms with Gasteiger partial charge in [-0.15, -0.1) is 0 Å². The first-order valence-corrected chi connectivity index (χ1v) is 8.30. The smallest absolute Gasteiger partial charge is 0.277 e. The van der Waals surface area contributed by atoms with Crippen molar-refractivity contribution in [2.75, 3.05) is 5.32 Å². The fourth-order valence-electron chi connectivity index (χ4n) is 2.49. The van der Waals surface area contributed by atoms with Gasteiger partial charge in [-0.1, -0.05) is 35.5 Å². The molecular weight excluding hydrogens is 342 g/mol. The van der Waals surface area contributed by atoms with Crippen LogP contribution in [0.4, 0.5) is 5.69 Å². The molecule has 0 saturated heterocycles. The number of benzene rings is 2. The summed E-state index contributed by atoms with van der Waals surface area (Å²) in [6.07, 6.45) is 3.31. The summed E-state index contributed by atoms with van der Waals surface area (Å²) in [5.41, 5.74) is 1.46.